The van der Waals surface area contributed by atoms with Crippen LogP contribution in [0.4, 0.5) is 5.69 Å². The summed E-state index contributed by atoms with van der Waals surface area (Å²) in [5, 5.41) is 7.39. The van der Waals surface area contributed by atoms with Crippen LogP contribution in [0.3, 0.4) is 0 Å². The molecule has 0 spiro atoms. The van der Waals surface area contributed by atoms with E-state index < -0.39 is 0 Å². The molecule has 0 unspecified atom stereocenters. The molecule has 3 heterocycles. The molecule has 27 heavy (non-hydrogen) atoms. The van der Waals surface area contributed by atoms with E-state index in [0.29, 0.717) is 17.4 Å². The van der Waals surface area contributed by atoms with Gasteiger partial charge in [0, 0.05) is 35.0 Å². The number of carbonyl (C=O) groups excluding carboxylic acids is 1. The quantitative estimate of drug-likeness (QED) is 0.424. The number of rotatable bonds is 7. The highest BCUT2D eigenvalue weighted by atomic mass is 32.2. The van der Waals surface area contributed by atoms with Gasteiger partial charge in [-0.05, 0) is 32.2 Å². The third kappa shape index (κ3) is 4.48. The number of thioether (sulfide) groups is 1. The van der Waals surface area contributed by atoms with Crippen molar-refractivity contribution in [3.8, 4) is 0 Å². The Morgan fingerprint density at radius 2 is 2.19 bits per heavy atom. The van der Waals surface area contributed by atoms with E-state index in [9.17, 15) is 9.59 Å². The highest BCUT2D eigenvalue weighted by molar-refractivity contribution is 7.98. The lowest BCUT2D eigenvalue weighted by molar-refractivity contribution is -0.122. The first-order chi connectivity index (χ1) is 13.0. The third-order valence-corrected chi connectivity index (χ3v) is 4.58. The summed E-state index contributed by atoms with van der Waals surface area (Å²) in [6.45, 7) is 4.13. The minimum Gasteiger partial charge on any atom is -0.377 e. The SMILES string of the molecule is CSc1ncc(NC(C)C)c(=O)n1CC(=O)NCc1cc2cnccc2[nH]1. The van der Waals surface area contributed by atoms with E-state index in [1.807, 2.05) is 32.2 Å². The number of hydrogen-bond donors (Lipinski definition) is 3. The van der Waals surface area contributed by atoms with E-state index >= 15 is 0 Å². The largest absolute Gasteiger partial charge is 0.377 e. The van der Waals surface area contributed by atoms with Crippen LogP contribution in [0, 0.1) is 0 Å². The summed E-state index contributed by atoms with van der Waals surface area (Å²) in [6, 6.07) is 3.92. The normalized spacial score (nSPS) is 11.1. The topological polar surface area (TPSA) is 105 Å². The van der Waals surface area contributed by atoms with Crippen molar-refractivity contribution in [3.05, 3.63) is 46.8 Å². The van der Waals surface area contributed by atoms with Gasteiger partial charge in [0.05, 0.1) is 12.7 Å². The second-order valence-electron chi connectivity index (χ2n) is 6.38. The second-order valence-corrected chi connectivity index (χ2v) is 7.16. The van der Waals surface area contributed by atoms with Gasteiger partial charge in [-0.2, -0.15) is 0 Å². The Bertz CT molecular complexity index is 977. The predicted molar refractivity (Wildman–Crippen MR) is 107 cm³/mol. The van der Waals surface area contributed by atoms with Crippen LogP contribution in [-0.4, -0.2) is 37.7 Å². The van der Waals surface area contributed by atoms with E-state index in [1.54, 1.807) is 12.4 Å². The van der Waals surface area contributed by atoms with Crippen LogP contribution in [0.25, 0.3) is 10.9 Å². The summed E-state index contributed by atoms with van der Waals surface area (Å²) in [5.41, 5.74) is 1.97. The van der Waals surface area contributed by atoms with Crippen molar-refractivity contribution in [1.82, 2.24) is 24.8 Å². The van der Waals surface area contributed by atoms with Gasteiger partial charge in [0.1, 0.15) is 12.2 Å². The highest BCUT2D eigenvalue weighted by Crippen LogP contribution is 2.14. The van der Waals surface area contributed by atoms with Crippen molar-refractivity contribution in [3.63, 3.8) is 0 Å². The third-order valence-electron chi connectivity index (χ3n) is 3.89. The summed E-state index contributed by atoms with van der Waals surface area (Å²) >= 11 is 1.33. The van der Waals surface area contributed by atoms with Crippen molar-refractivity contribution in [2.45, 2.75) is 38.1 Å². The number of nitrogens with zero attached hydrogens (tertiary/aromatic N) is 3. The molecule has 1 amide bonds. The summed E-state index contributed by atoms with van der Waals surface area (Å²) < 4.78 is 1.39. The summed E-state index contributed by atoms with van der Waals surface area (Å²) in [7, 11) is 0. The van der Waals surface area contributed by atoms with Crippen molar-refractivity contribution in [2.75, 3.05) is 11.6 Å². The smallest absolute Gasteiger partial charge is 0.278 e. The molecule has 0 saturated carbocycles. The summed E-state index contributed by atoms with van der Waals surface area (Å²) in [5.74, 6) is -0.257. The van der Waals surface area contributed by atoms with Gasteiger partial charge in [0.25, 0.3) is 5.56 Å². The fourth-order valence-corrected chi connectivity index (χ4v) is 3.24. The van der Waals surface area contributed by atoms with Crippen LogP contribution in [0.15, 0.2) is 40.7 Å². The molecule has 0 saturated heterocycles. The van der Waals surface area contributed by atoms with Gasteiger partial charge in [-0.3, -0.25) is 19.1 Å². The Hall–Kier alpha value is -2.81. The molecule has 3 aromatic rings. The zero-order valence-corrected chi connectivity index (χ0v) is 16.3. The number of carbonyl (C=O) groups is 1. The zero-order valence-electron chi connectivity index (χ0n) is 15.4. The van der Waals surface area contributed by atoms with Gasteiger partial charge >= 0.3 is 0 Å². The number of hydrogen-bond acceptors (Lipinski definition) is 6. The van der Waals surface area contributed by atoms with Gasteiger partial charge in [-0.15, -0.1) is 0 Å². The van der Waals surface area contributed by atoms with Gasteiger partial charge in [0.2, 0.25) is 5.91 Å². The van der Waals surface area contributed by atoms with Gasteiger partial charge in [-0.25, -0.2) is 4.98 Å². The maximum absolute atomic E-state index is 12.7. The molecular formula is C18H22N6O2S. The first kappa shape index (κ1) is 19.0. The molecule has 9 heteroatoms. The van der Waals surface area contributed by atoms with Crippen LogP contribution in [0.5, 0.6) is 0 Å². The minimum atomic E-state index is -0.257. The summed E-state index contributed by atoms with van der Waals surface area (Å²) in [4.78, 5) is 36.7. The summed E-state index contributed by atoms with van der Waals surface area (Å²) in [6.07, 6.45) is 6.81. The number of amides is 1. The Morgan fingerprint density at radius 1 is 1.37 bits per heavy atom. The highest BCUT2D eigenvalue weighted by Gasteiger charge is 2.14. The number of fused-ring (bicyclic) bond motifs is 1. The Morgan fingerprint density at radius 3 is 2.89 bits per heavy atom. The molecule has 3 rings (SSSR count). The molecular weight excluding hydrogens is 364 g/mol. The van der Waals surface area contributed by atoms with Crippen molar-refractivity contribution >= 4 is 34.3 Å². The van der Waals surface area contributed by atoms with Crippen LogP contribution in [0.2, 0.25) is 0 Å². The molecule has 3 aromatic heterocycles. The van der Waals surface area contributed by atoms with Crippen molar-refractivity contribution in [1.29, 1.82) is 0 Å². The van der Waals surface area contributed by atoms with Crippen LogP contribution < -0.4 is 16.2 Å². The molecule has 0 aliphatic heterocycles. The predicted octanol–water partition coefficient (Wildman–Crippen LogP) is 1.98. The minimum absolute atomic E-state index is 0.0859. The van der Waals surface area contributed by atoms with Crippen molar-refractivity contribution < 1.29 is 4.79 Å². The van der Waals surface area contributed by atoms with E-state index in [0.717, 1.165) is 16.6 Å². The average molecular weight is 386 g/mol. The molecule has 0 aromatic carbocycles. The van der Waals surface area contributed by atoms with E-state index in [4.69, 9.17) is 0 Å². The monoisotopic (exact) mass is 386 g/mol. The zero-order chi connectivity index (χ0) is 19.4. The van der Waals surface area contributed by atoms with E-state index in [2.05, 4.69) is 25.6 Å². The lowest BCUT2D eigenvalue weighted by Crippen LogP contribution is -2.34. The Kier molecular flexibility index (Phi) is 5.80. The second kappa shape index (κ2) is 8.26. The molecule has 0 aliphatic carbocycles. The standard InChI is InChI=1S/C18H22N6O2S/c1-11(2)22-15-9-21-18(27-3)24(17(15)26)10-16(25)20-8-13-6-12-7-19-5-4-14(12)23-13/h4-7,9,11,22-23H,8,10H2,1-3H3,(H,20,25). The van der Waals surface area contributed by atoms with Gasteiger partial charge in [-0.1, -0.05) is 11.8 Å². The number of H-pyrrole nitrogens is 1. The first-order valence-electron chi connectivity index (χ1n) is 8.56. The molecule has 0 fully saturated rings. The van der Waals surface area contributed by atoms with E-state index in [1.165, 1.54) is 22.5 Å². The first-order valence-corrected chi connectivity index (χ1v) is 9.79. The Labute approximate surface area is 160 Å². The molecule has 3 N–H and O–H groups in total. The molecule has 0 radical (unpaired) electrons. The van der Waals surface area contributed by atoms with Gasteiger partial charge in [0.15, 0.2) is 5.16 Å². The average Bonchev–Trinajstić information content (AvgIpc) is 3.06. The molecule has 0 bridgehead atoms. The number of aromatic amines is 1. The van der Waals surface area contributed by atoms with Gasteiger partial charge < -0.3 is 15.6 Å². The maximum Gasteiger partial charge on any atom is 0.278 e. The lowest BCUT2D eigenvalue weighted by Gasteiger charge is -2.14. The molecule has 0 atom stereocenters. The fraction of sp³-hybridized carbons (Fsp3) is 0.333. The number of pyridine rings is 1. The number of aromatic nitrogens is 4. The number of nitrogens with one attached hydrogen (secondary N) is 3. The fourth-order valence-electron chi connectivity index (χ4n) is 2.71. The Balaban J connectivity index is 1.72. The van der Waals surface area contributed by atoms with Crippen molar-refractivity contribution in [2.24, 2.45) is 0 Å². The molecule has 8 nitrogen and oxygen atoms in total. The maximum atomic E-state index is 12.7. The number of anilines is 1. The van der Waals surface area contributed by atoms with E-state index in [-0.39, 0.29) is 24.1 Å². The molecule has 142 valence electrons. The van der Waals surface area contributed by atoms with Crippen LogP contribution in [0.1, 0.15) is 19.5 Å². The molecule has 0 aliphatic rings. The van der Waals surface area contributed by atoms with Crippen LogP contribution >= 0.6 is 11.8 Å². The lowest BCUT2D eigenvalue weighted by atomic mass is 10.3. The van der Waals surface area contributed by atoms with Crippen LogP contribution in [-0.2, 0) is 17.9 Å².